The Bertz CT molecular complexity index is 1240. The molecule has 2 aromatic carbocycles. The smallest absolute Gasteiger partial charge is 0.338 e. The molecule has 0 aliphatic carbocycles. The minimum Gasteiger partial charge on any atom is -0.493 e. The van der Waals surface area contributed by atoms with Gasteiger partial charge in [-0.2, -0.15) is 4.98 Å². The Kier molecular flexibility index (Phi) is 7.33. The number of thioether (sulfide) groups is 1. The zero-order chi connectivity index (χ0) is 24.2. The molecule has 34 heavy (non-hydrogen) atoms. The van der Waals surface area contributed by atoms with Crippen LogP contribution in [0.1, 0.15) is 31.0 Å². The minimum absolute atomic E-state index is 0.263. The van der Waals surface area contributed by atoms with Crippen molar-refractivity contribution in [2.45, 2.75) is 30.8 Å². The van der Waals surface area contributed by atoms with Crippen molar-refractivity contribution in [2.75, 3.05) is 26.1 Å². The van der Waals surface area contributed by atoms with Crippen molar-refractivity contribution in [1.82, 2.24) is 14.8 Å². The van der Waals surface area contributed by atoms with Gasteiger partial charge in [0.25, 0.3) is 0 Å². The predicted octanol–water partition coefficient (Wildman–Crippen LogP) is 5.09. The van der Waals surface area contributed by atoms with Crippen LogP contribution in [-0.4, -0.2) is 41.6 Å². The first-order valence-electron chi connectivity index (χ1n) is 10.7. The summed E-state index contributed by atoms with van der Waals surface area (Å²) in [6.07, 6.45) is 0. The number of carbonyl (C=O) groups is 1. The number of carbonyl (C=O) groups excluding carboxylic acids is 1. The Morgan fingerprint density at radius 2 is 1.97 bits per heavy atom. The number of halogens is 1. The molecule has 8 nitrogen and oxygen atoms in total. The summed E-state index contributed by atoms with van der Waals surface area (Å²) < 4.78 is 18.0. The van der Waals surface area contributed by atoms with Crippen molar-refractivity contribution in [3.05, 3.63) is 69.9 Å². The average Bonchev–Trinajstić information content (AvgIpc) is 3.24. The summed E-state index contributed by atoms with van der Waals surface area (Å²) in [5, 5.41) is 9.20. The van der Waals surface area contributed by atoms with Crippen LogP contribution in [0.3, 0.4) is 0 Å². The highest BCUT2D eigenvalue weighted by atomic mass is 35.5. The van der Waals surface area contributed by atoms with Gasteiger partial charge in [-0.3, -0.25) is 0 Å². The zero-order valence-electron chi connectivity index (χ0n) is 19.3. The largest absolute Gasteiger partial charge is 0.493 e. The third-order valence-electron chi connectivity index (χ3n) is 5.31. The number of hydrogen-bond acceptors (Lipinski definition) is 8. The molecule has 4 rings (SSSR count). The fourth-order valence-electron chi connectivity index (χ4n) is 3.77. The summed E-state index contributed by atoms with van der Waals surface area (Å²) in [6.45, 7) is 3.87. The Hall–Kier alpha value is -3.17. The number of nitrogens with one attached hydrogen (secondary N) is 1. The minimum atomic E-state index is -0.553. The normalized spacial score (nSPS) is 14.9. The van der Waals surface area contributed by atoms with Gasteiger partial charge >= 0.3 is 5.97 Å². The topological polar surface area (TPSA) is 87.5 Å². The van der Waals surface area contributed by atoms with Crippen LogP contribution in [-0.2, 0) is 15.3 Å². The Labute approximate surface area is 207 Å². The monoisotopic (exact) mass is 500 g/mol. The van der Waals surface area contributed by atoms with E-state index in [0.717, 1.165) is 11.1 Å². The van der Waals surface area contributed by atoms with Crippen molar-refractivity contribution in [3.8, 4) is 11.5 Å². The van der Waals surface area contributed by atoms with Gasteiger partial charge in [0.2, 0.25) is 11.1 Å². The second-order valence-electron chi connectivity index (χ2n) is 7.48. The Morgan fingerprint density at radius 3 is 2.68 bits per heavy atom. The van der Waals surface area contributed by atoms with Crippen LogP contribution in [0.25, 0.3) is 0 Å². The van der Waals surface area contributed by atoms with Crippen LogP contribution in [0.4, 0.5) is 5.95 Å². The average molecular weight is 501 g/mol. The highest BCUT2D eigenvalue weighted by Crippen LogP contribution is 2.40. The summed E-state index contributed by atoms with van der Waals surface area (Å²) >= 11 is 7.59. The molecule has 1 aromatic heterocycles. The molecule has 1 aliphatic heterocycles. The first-order valence-corrected chi connectivity index (χ1v) is 12.0. The molecule has 0 bridgehead atoms. The molecular formula is C24H25ClN4O4S. The molecule has 2 heterocycles. The van der Waals surface area contributed by atoms with Gasteiger partial charge in [0.15, 0.2) is 11.5 Å². The molecule has 178 valence electrons. The zero-order valence-corrected chi connectivity index (χ0v) is 20.9. The highest BCUT2D eigenvalue weighted by molar-refractivity contribution is 7.98. The van der Waals surface area contributed by atoms with Crippen molar-refractivity contribution >= 4 is 35.3 Å². The van der Waals surface area contributed by atoms with Crippen LogP contribution in [0.5, 0.6) is 11.5 Å². The van der Waals surface area contributed by atoms with Crippen LogP contribution < -0.4 is 14.8 Å². The number of ether oxygens (including phenoxy) is 3. The van der Waals surface area contributed by atoms with E-state index >= 15 is 0 Å². The second-order valence-corrected chi connectivity index (χ2v) is 8.86. The van der Waals surface area contributed by atoms with E-state index in [2.05, 4.69) is 10.3 Å². The van der Waals surface area contributed by atoms with Crippen LogP contribution >= 0.6 is 23.4 Å². The first kappa shape index (κ1) is 24.0. The van der Waals surface area contributed by atoms with Crippen molar-refractivity contribution in [1.29, 1.82) is 0 Å². The molecule has 1 atom stereocenters. The third kappa shape index (κ3) is 4.85. The number of rotatable bonds is 8. The molecule has 0 radical (unpaired) electrons. The standard InChI is InChI=1S/C24H25ClN4O4S/c1-5-33-22(30)20-14(2)26-23-27-24(34-13-15-7-6-8-17(25)11-15)28-29(23)21(20)16-9-10-18(31-3)19(12-16)32-4/h6-12,21H,5,13H2,1-4H3,(H,26,27,28). The van der Waals surface area contributed by atoms with E-state index < -0.39 is 12.0 Å². The fourth-order valence-corrected chi connectivity index (χ4v) is 4.76. The number of methoxy groups -OCH3 is 2. The summed E-state index contributed by atoms with van der Waals surface area (Å²) in [7, 11) is 3.15. The lowest BCUT2D eigenvalue weighted by Gasteiger charge is -2.28. The van der Waals surface area contributed by atoms with E-state index in [9.17, 15) is 4.79 Å². The van der Waals surface area contributed by atoms with Gasteiger partial charge in [-0.15, -0.1) is 5.10 Å². The molecule has 0 saturated heterocycles. The lowest BCUT2D eigenvalue weighted by molar-refractivity contribution is -0.139. The van der Waals surface area contributed by atoms with E-state index in [0.29, 0.717) is 44.6 Å². The Morgan fingerprint density at radius 1 is 1.18 bits per heavy atom. The maximum Gasteiger partial charge on any atom is 0.338 e. The number of aromatic nitrogens is 3. The van der Waals surface area contributed by atoms with Crippen molar-refractivity contribution in [2.24, 2.45) is 0 Å². The third-order valence-corrected chi connectivity index (χ3v) is 6.45. The van der Waals surface area contributed by atoms with Crippen LogP contribution in [0, 0.1) is 0 Å². The predicted molar refractivity (Wildman–Crippen MR) is 132 cm³/mol. The molecule has 0 spiro atoms. The summed E-state index contributed by atoms with van der Waals surface area (Å²) in [4.78, 5) is 17.6. The van der Waals surface area contributed by atoms with Gasteiger partial charge in [0.1, 0.15) is 6.04 Å². The molecule has 1 N–H and O–H groups in total. The Balaban J connectivity index is 1.73. The molecule has 3 aromatic rings. The van der Waals surface area contributed by atoms with Crippen LogP contribution in [0.15, 0.2) is 58.9 Å². The number of fused-ring (bicyclic) bond motifs is 1. The van der Waals surface area contributed by atoms with Gasteiger partial charge in [0, 0.05) is 16.5 Å². The van der Waals surface area contributed by atoms with Gasteiger partial charge in [-0.25, -0.2) is 9.48 Å². The first-order chi connectivity index (χ1) is 16.4. The number of hydrogen-bond donors (Lipinski definition) is 1. The summed E-state index contributed by atoms with van der Waals surface area (Å²) in [5.74, 6) is 1.93. The van der Waals surface area contributed by atoms with E-state index in [1.165, 1.54) is 11.8 Å². The number of allylic oxidation sites excluding steroid dienone is 1. The molecule has 0 fully saturated rings. The molecular weight excluding hydrogens is 476 g/mol. The highest BCUT2D eigenvalue weighted by Gasteiger charge is 2.35. The van der Waals surface area contributed by atoms with E-state index in [-0.39, 0.29) is 6.61 Å². The van der Waals surface area contributed by atoms with Gasteiger partial charge < -0.3 is 19.5 Å². The van der Waals surface area contributed by atoms with E-state index in [1.807, 2.05) is 43.3 Å². The number of esters is 1. The van der Waals surface area contributed by atoms with Crippen molar-refractivity contribution in [3.63, 3.8) is 0 Å². The molecule has 10 heteroatoms. The molecule has 1 unspecified atom stereocenters. The van der Waals surface area contributed by atoms with Gasteiger partial charge in [-0.05, 0) is 49.2 Å². The van der Waals surface area contributed by atoms with E-state index in [1.54, 1.807) is 31.9 Å². The molecule has 0 saturated carbocycles. The molecule has 0 amide bonds. The van der Waals surface area contributed by atoms with Gasteiger partial charge in [0.05, 0.1) is 26.4 Å². The number of nitrogens with zero attached hydrogens (tertiary/aromatic N) is 3. The van der Waals surface area contributed by atoms with Gasteiger partial charge in [-0.1, -0.05) is 41.6 Å². The lowest BCUT2D eigenvalue weighted by Crippen LogP contribution is -2.29. The maximum atomic E-state index is 13.0. The van der Waals surface area contributed by atoms with E-state index in [4.69, 9.17) is 30.9 Å². The number of anilines is 1. The van der Waals surface area contributed by atoms with Crippen molar-refractivity contribution < 1.29 is 19.0 Å². The SMILES string of the molecule is CCOC(=O)C1=C(C)Nc2nc(SCc3cccc(Cl)c3)nn2C1c1ccc(OC)c(OC)c1. The maximum absolute atomic E-state index is 13.0. The summed E-state index contributed by atoms with van der Waals surface area (Å²) in [5.41, 5.74) is 2.97. The number of benzene rings is 2. The molecule has 1 aliphatic rings. The summed E-state index contributed by atoms with van der Waals surface area (Å²) in [6, 6.07) is 12.6. The van der Waals surface area contributed by atoms with Crippen LogP contribution in [0.2, 0.25) is 5.02 Å². The fraction of sp³-hybridized carbons (Fsp3) is 0.292. The quantitative estimate of drug-likeness (QED) is 0.338. The second kappa shape index (κ2) is 10.4. The lowest BCUT2D eigenvalue weighted by atomic mass is 9.95.